The molecule has 0 aliphatic heterocycles. The van der Waals surface area contributed by atoms with Gasteiger partial charge in [0.25, 0.3) is 5.56 Å². The fourth-order valence-electron chi connectivity index (χ4n) is 3.48. The topological polar surface area (TPSA) is 113 Å². The average Bonchev–Trinajstić information content (AvgIpc) is 3.73. The highest BCUT2D eigenvalue weighted by Gasteiger charge is 2.21. The maximum absolute atomic E-state index is 11.8. The number of benzene rings is 3. The number of carbonyl (C=O) groups excluding carboxylic acids is 2. The van der Waals surface area contributed by atoms with Crippen LogP contribution in [0.5, 0.6) is 0 Å². The molecule has 5 rings (SSSR count). The van der Waals surface area contributed by atoms with Gasteiger partial charge in [-0.05, 0) is 42.5 Å². The summed E-state index contributed by atoms with van der Waals surface area (Å²) >= 11 is 0. The summed E-state index contributed by atoms with van der Waals surface area (Å²) in [6.07, 6.45) is 2.78. The number of fused-ring (bicyclic) bond motifs is 1. The van der Waals surface area contributed by atoms with Crippen LogP contribution < -0.4 is 16.2 Å². The van der Waals surface area contributed by atoms with Crippen molar-refractivity contribution in [3.63, 3.8) is 0 Å². The average molecular weight is 471 g/mol. The normalized spacial score (nSPS) is 12.2. The van der Waals surface area contributed by atoms with Crippen LogP contribution in [0, 0.1) is 5.92 Å². The smallest absolute Gasteiger partial charge is 0.407 e. The third-order valence-corrected chi connectivity index (χ3v) is 5.50. The SMILES string of the molecule is O=C(NCC1CC1)OCc1ccccc1.O=CNc1cccc(-c2n[nH]c(=O)c3ccccc23)c1. The number of aromatic amines is 1. The van der Waals surface area contributed by atoms with E-state index in [1.54, 1.807) is 12.1 Å². The lowest BCUT2D eigenvalue weighted by Crippen LogP contribution is -2.26. The van der Waals surface area contributed by atoms with Gasteiger partial charge < -0.3 is 15.4 Å². The highest BCUT2D eigenvalue weighted by Crippen LogP contribution is 2.27. The van der Waals surface area contributed by atoms with Gasteiger partial charge in [0.2, 0.25) is 6.41 Å². The van der Waals surface area contributed by atoms with Crippen molar-refractivity contribution < 1.29 is 14.3 Å². The third kappa shape index (κ3) is 6.77. The molecule has 2 amide bonds. The standard InChI is InChI=1S/C15H11N3O2.C12H15NO2/c19-9-16-11-5-3-4-10(8-11)14-12-6-1-2-7-13(12)15(20)18-17-14;14-12(13-8-10-6-7-10)15-9-11-4-2-1-3-5-11/h1-9H,(H,16,19)(H,18,20);1-5,10H,6-9H2,(H,13,14). The maximum Gasteiger partial charge on any atom is 0.407 e. The number of nitrogens with one attached hydrogen (secondary N) is 3. The van der Waals surface area contributed by atoms with E-state index in [1.165, 1.54) is 12.8 Å². The van der Waals surface area contributed by atoms with Crippen molar-refractivity contribution in [2.45, 2.75) is 19.4 Å². The summed E-state index contributed by atoms with van der Waals surface area (Å²) in [5.41, 5.74) is 2.97. The van der Waals surface area contributed by atoms with Gasteiger partial charge in [-0.25, -0.2) is 9.89 Å². The van der Waals surface area contributed by atoms with E-state index in [0.29, 0.717) is 35.7 Å². The van der Waals surface area contributed by atoms with E-state index in [0.717, 1.165) is 23.1 Å². The second-order valence-electron chi connectivity index (χ2n) is 8.18. The summed E-state index contributed by atoms with van der Waals surface area (Å²) in [5, 5.41) is 13.3. The summed E-state index contributed by atoms with van der Waals surface area (Å²) in [6.45, 7) is 1.10. The van der Waals surface area contributed by atoms with Gasteiger partial charge in [0.1, 0.15) is 6.61 Å². The van der Waals surface area contributed by atoms with Crippen molar-refractivity contribution in [3.8, 4) is 11.3 Å². The second kappa shape index (κ2) is 11.6. The molecule has 1 fully saturated rings. The number of ether oxygens (including phenoxy) is 1. The first kappa shape index (κ1) is 23.7. The van der Waals surface area contributed by atoms with E-state index in [1.807, 2.05) is 66.7 Å². The molecule has 3 N–H and O–H groups in total. The van der Waals surface area contributed by atoms with Crippen LogP contribution >= 0.6 is 0 Å². The largest absolute Gasteiger partial charge is 0.445 e. The summed E-state index contributed by atoms with van der Waals surface area (Å²) in [4.78, 5) is 33.5. The van der Waals surface area contributed by atoms with Gasteiger partial charge in [0.05, 0.1) is 11.1 Å². The van der Waals surface area contributed by atoms with E-state index < -0.39 is 0 Å². The van der Waals surface area contributed by atoms with Gasteiger partial charge in [0, 0.05) is 23.2 Å². The van der Waals surface area contributed by atoms with Crippen LogP contribution in [0.25, 0.3) is 22.0 Å². The van der Waals surface area contributed by atoms with E-state index in [9.17, 15) is 14.4 Å². The number of rotatable bonds is 7. The predicted octanol–water partition coefficient (Wildman–Crippen LogP) is 4.48. The Morgan fingerprint density at radius 1 is 1.00 bits per heavy atom. The van der Waals surface area contributed by atoms with E-state index in [2.05, 4.69) is 20.8 Å². The Hall–Kier alpha value is -4.46. The van der Waals surface area contributed by atoms with Crippen molar-refractivity contribution >= 4 is 29.0 Å². The monoisotopic (exact) mass is 470 g/mol. The van der Waals surface area contributed by atoms with E-state index >= 15 is 0 Å². The number of carbonyl (C=O) groups is 2. The van der Waals surface area contributed by atoms with Crippen LogP contribution in [-0.2, 0) is 16.1 Å². The van der Waals surface area contributed by atoms with Crippen molar-refractivity contribution in [2.75, 3.05) is 11.9 Å². The first-order valence-corrected chi connectivity index (χ1v) is 11.4. The first-order chi connectivity index (χ1) is 17.1. The van der Waals surface area contributed by atoms with Crippen molar-refractivity contribution in [3.05, 3.63) is 94.8 Å². The molecule has 0 atom stereocenters. The van der Waals surface area contributed by atoms with Crippen LogP contribution in [0.2, 0.25) is 0 Å². The number of nitrogens with zero attached hydrogens (tertiary/aromatic N) is 1. The van der Waals surface area contributed by atoms with Gasteiger partial charge >= 0.3 is 6.09 Å². The number of aromatic nitrogens is 2. The minimum absolute atomic E-state index is 0.216. The molecule has 0 radical (unpaired) electrons. The molecule has 0 spiro atoms. The Kier molecular flexibility index (Phi) is 7.85. The summed E-state index contributed by atoms with van der Waals surface area (Å²) < 4.78 is 5.06. The highest BCUT2D eigenvalue weighted by atomic mass is 16.5. The molecule has 0 saturated heterocycles. The molecular weight excluding hydrogens is 444 g/mol. The third-order valence-electron chi connectivity index (χ3n) is 5.50. The molecule has 1 saturated carbocycles. The van der Waals surface area contributed by atoms with E-state index in [4.69, 9.17) is 4.74 Å². The molecular formula is C27H26N4O4. The van der Waals surface area contributed by atoms with Gasteiger partial charge in [-0.15, -0.1) is 0 Å². The second-order valence-corrected chi connectivity index (χ2v) is 8.18. The van der Waals surface area contributed by atoms with Crippen molar-refractivity contribution in [2.24, 2.45) is 5.92 Å². The molecule has 1 aromatic heterocycles. The fourth-order valence-corrected chi connectivity index (χ4v) is 3.48. The molecule has 8 heteroatoms. The van der Waals surface area contributed by atoms with Gasteiger partial charge in [-0.1, -0.05) is 60.7 Å². The minimum Gasteiger partial charge on any atom is -0.445 e. The zero-order valence-corrected chi connectivity index (χ0v) is 19.1. The molecule has 1 heterocycles. The Bertz CT molecular complexity index is 1350. The maximum atomic E-state index is 11.8. The fraction of sp³-hybridized carbons (Fsp3) is 0.185. The first-order valence-electron chi connectivity index (χ1n) is 11.4. The summed E-state index contributed by atoms with van der Waals surface area (Å²) in [5.74, 6) is 0.689. The number of hydrogen-bond donors (Lipinski definition) is 3. The molecule has 1 aliphatic rings. The summed E-state index contributed by atoms with van der Waals surface area (Å²) in [6, 6.07) is 24.3. The Morgan fingerprint density at radius 2 is 1.74 bits per heavy atom. The van der Waals surface area contributed by atoms with E-state index in [-0.39, 0.29) is 11.7 Å². The molecule has 3 aromatic carbocycles. The molecule has 178 valence electrons. The summed E-state index contributed by atoms with van der Waals surface area (Å²) in [7, 11) is 0. The van der Waals surface area contributed by atoms with Gasteiger partial charge in [0.15, 0.2) is 0 Å². The Balaban J connectivity index is 0.000000172. The molecule has 8 nitrogen and oxygen atoms in total. The number of alkyl carbamates (subject to hydrolysis) is 1. The lowest BCUT2D eigenvalue weighted by molar-refractivity contribution is -0.105. The molecule has 0 bridgehead atoms. The Morgan fingerprint density at radius 3 is 2.49 bits per heavy atom. The molecule has 35 heavy (non-hydrogen) atoms. The minimum atomic E-state index is -0.314. The predicted molar refractivity (Wildman–Crippen MR) is 135 cm³/mol. The lowest BCUT2D eigenvalue weighted by atomic mass is 10.0. The number of hydrogen-bond acceptors (Lipinski definition) is 5. The molecule has 0 unspecified atom stereocenters. The number of H-pyrrole nitrogens is 1. The molecule has 1 aliphatic carbocycles. The van der Waals surface area contributed by atoms with Crippen molar-refractivity contribution in [1.29, 1.82) is 0 Å². The van der Waals surface area contributed by atoms with Gasteiger partial charge in [-0.2, -0.15) is 5.10 Å². The number of anilines is 1. The highest BCUT2D eigenvalue weighted by molar-refractivity contribution is 5.94. The quantitative estimate of drug-likeness (QED) is 0.345. The van der Waals surface area contributed by atoms with Crippen LogP contribution in [0.15, 0.2) is 83.7 Å². The van der Waals surface area contributed by atoms with Gasteiger partial charge in [-0.3, -0.25) is 9.59 Å². The van der Waals surface area contributed by atoms with Crippen LogP contribution in [-0.4, -0.2) is 29.2 Å². The van der Waals surface area contributed by atoms with Crippen LogP contribution in [0.1, 0.15) is 18.4 Å². The number of amides is 2. The lowest BCUT2D eigenvalue weighted by Gasteiger charge is -2.06. The van der Waals surface area contributed by atoms with Crippen molar-refractivity contribution in [1.82, 2.24) is 15.5 Å². The molecule has 4 aromatic rings. The zero-order valence-electron chi connectivity index (χ0n) is 19.1. The van der Waals surface area contributed by atoms with Crippen LogP contribution in [0.3, 0.4) is 0 Å². The zero-order chi connectivity index (χ0) is 24.5. The van der Waals surface area contributed by atoms with Crippen LogP contribution in [0.4, 0.5) is 10.5 Å². The Labute approximate surface area is 202 Å².